The van der Waals surface area contributed by atoms with Gasteiger partial charge in [0.05, 0.1) is 22.6 Å². The normalized spacial score (nSPS) is 10.0. The van der Waals surface area contributed by atoms with E-state index in [1.54, 1.807) is 12.3 Å². The summed E-state index contributed by atoms with van der Waals surface area (Å²) in [4.78, 5) is 0. The molecule has 0 unspecified atom stereocenters. The Bertz CT molecular complexity index is 438. The summed E-state index contributed by atoms with van der Waals surface area (Å²) in [5.41, 5.74) is 1.70. The molecule has 0 heterocycles. The third kappa shape index (κ3) is 4.26. The molecule has 0 saturated carbocycles. The summed E-state index contributed by atoms with van der Waals surface area (Å²) in [6.07, 6.45) is 3.66. The Morgan fingerprint density at radius 3 is 2.67 bits per heavy atom. The van der Waals surface area contributed by atoms with E-state index in [2.05, 4.69) is 31.5 Å². The Morgan fingerprint density at radius 1 is 1.33 bits per heavy atom. The first-order valence-corrected chi connectivity index (χ1v) is 4.89. The van der Waals surface area contributed by atoms with Gasteiger partial charge in [-0.3, -0.25) is 0 Å². The number of benzene rings is 1. The molecule has 0 N–H and O–H groups in total. The van der Waals surface area contributed by atoms with E-state index in [0.717, 1.165) is 5.56 Å². The van der Waals surface area contributed by atoms with Crippen LogP contribution in [0.15, 0.2) is 24.3 Å². The molecule has 0 atom stereocenters. The third-order valence-electron chi connectivity index (χ3n) is 1.70. The summed E-state index contributed by atoms with van der Waals surface area (Å²) in [6.45, 7) is 6.28. The van der Waals surface area contributed by atoms with Crippen molar-refractivity contribution in [3.05, 3.63) is 35.4 Å². The second-order valence-electron chi connectivity index (χ2n) is 4.51. The van der Waals surface area contributed by atoms with Crippen molar-refractivity contribution in [2.75, 3.05) is 0 Å². The summed E-state index contributed by atoms with van der Waals surface area (Å²) in [7, 11) is 0. The molecule has 0 fully saturated rings. The molecule has 0 radical (unpaired) electrons. The Morgan fingerprint density at radius 2 is 2.07 bits per heavy atom. The van der Waals surface area contributed by atoms with Gasteiger partial charge in [-0.25, -0.2) is 0 Å². The van der Waals surface area contributed by atoms with Crippen molar-refractivity contribution in [1.29, 1.82) is 5.26 Å². The minimum absolute atomic E-state index is 0.0866. The van der Waals surface area contributed by atoms with Crippen LogP contribution in [0.1, 0.15) is 31.9 Å². The maximum Gasteiger partial charge on any atom is 0.299 e. The second-order valence-corrected chi connectivity index (χ2v) is 4.51. The predicted molar refractivity (Wildman–Crippen MR) is 64.0 cm³/mol. The zero-order valence-electron chi connectivity index (χ0n) is 9.36. The molecule has 76 valence electrons. The fraction of sp³-hybridized carbons (Fsp3) is 0.308. The number of hydrogen-bond donors (Lipinski definition) is 0. The van der Waals surface area contributed by atoms with Gasteiger partial charge in [0, 0.05) is 0 Å². The molecular weight excluding hydrogens is 184 g/mol. The van der Waals surface area contributed by atoms with E-state index < -0.39 is 0 Å². The molecule has 2 heteroatoms. The Labute approximate surface area is 90.6 Å². The average molecular weight is 199 g/mol. The fourth-order valence-electron chi connectivity index (χ4n) is 1.04. The molecule has 0 saturated heterocycles. The number of hydrogen-bond acceptors (Lipinski definition) is 1. The molecule has 1 aromatic rings. The van der Waals surface area contributed by atoms with Crippen molar-refractivity contribution >= 4 is 12.4 Å². The molecule has 0 aromatic heterocycles. The summed E-state index contributed by atoms with van der Waals surface area (Å²) in [6, 6.07) is 9.49. The topological polar surface area (TPSA) is 37.9 Å². The van der Waals surface area contributed by atoms with Gasteiger partial charge in [-0.2, -0.15) is 5.26 Å². The summed E-state index contributed by atoms with van der Waals surface area (Å²) in [5.74, 6) is 0. The number of nitrogens with zero attached hydrogens (tertiary/aromatic N) is 2. The van der Waals surface area contributed by atoms with Crippen molar-refractivity contribution < 1.29 is 0 Å². The lowest BCUT2D eigenvalue weighted by molar-refractivity contribution is 0.606. The van der Waals surface area contributed by atoms with Gasteiger partial charge < -0.3 is 0 Å². The van der Waals surface area contributed by atoms with E-state index in [4.69, 9.17) is 5.26 Å². The van der Waals surface area contributed by atoms with Crippen LogP contribution < -0.4 is 4.67 Å². The van der Waals surface area contributed by atoms with Crippen molar-refractivity contribution in [2.45, 2.75) is 20.8 Å². The average Bonchev–Trinajstić information content (AvgIpc) is 2.16. The zero-order chi connectivity index (χ0) is 11.3. The Hall–Kier alpha value is -1.84. The first-order chi connectivity index (χ1) is 7.01. The molecule has 0 aliphatic rings. The molecule has 15 heavy (non-hydrogen) atoms. The van der Waals surface area contributed by atoms with Crippen LogP contribution in [0.25, 0.3) is 0 Å². The molecule has 2 nitrogen and oxygen atoms in total. The van der Waals surface area contributed by atoms with Crippen molar-refractivity contribution in [2.24, 2.45) is 5.41 Å². The summed E-state index contributed by atoms with van der Waals surface area (Å²) >= 11 is 0. The smallest absolute Gasteiger partial charge is 0.192 e. The number of nitriles is 1. The van der Waals surface area contributed by atoms with E-state index in [1.165, 1.54) is 0 Å². The fourth-order valence-corrected chi connectivity index (χ4v) is 1.04. The lowest BCUT2D eigenvalue weighted by Gasteiger charge is -2.00. The van der Waals surface area contributed by atoms with Crippen LogP contribution in [0.2, 0.25) is 0 Å². The van der Waals surface area contributed by atoms with Gasteiger partial charge in [-0.15, -0.1) is 4.67 Å². The standard InChI is InChI=1S/C13H15N2/c1-13(2,3)10-15-9-12-6-4-5-11(7-12)8-14/h4-7,9-10H,1-3H3/q+1. The molecule has 0 spiro atoms. The molecular formula is C13H15N2+. The van der Waals surface area contributed by atoms with Crippen molar-refractivity contribution in [3.8, 4) is 6.07 Å². The highest BCUT2D eigenvalue weighted by Crippen LogP contribution is 2.06. The number of rotatable bonds is 1. The van der Waals surface area contributed by atoms with Crippen LogP contribution >= 0.6 is 0 Å². The van der Waals surface area contributed by atoms with Crippen LogP contribution in [-0.2, 0) is 0 Å². The van der Waals surface area contributed by atoms with Gasteiger partial charge in [0.2, 0.25) is 0 Å². The van der Waals surface area contributed by atoms with Gasteiger partial charge in [0.25, 0.3) is 12.4 Å². The lowest BCUT2D eigenvalue weighted by atomic mass is 9.99. The molecule has 0 aliphatic heterocycles. The zero-order valence-corrected chi connectivity index (χ0v) is 9.36. The Kier molecular flexibility index (Phi) is 3.44. The first-order valence-electron chi connectivity index (χ1n) is 4.89. The maximum atomic E-state index is 8.71. The highest BCUT2D eigenvalue weighted by molar-refractivity contribution is 5.82. The minimum Gasteiger partial charge on any atom is -0.192 e. The van der Waals surface area contributed by atoms with E-state index in [9.17, 15) is 0 Å². The monoisotopic (exact) mass is 199 g/mol. The van der Waals surface area contributed by atoms with Gasteiger partial charge >= 0.3 is 0 Å². The van der Waals surface area contributed by atoms with Gasteiger partial charge in [0.1, 0.15) is 0 Å². The summed E-state index contributed by atoms with van der Waals surface area (Å²) < 4.78 is 4.23. The van der Waals surface area contributed by atoms with E-state index >= 15 is 0 Å². The third-order valence-corrected chi connectivity index (χ3v) is 1.70. The molecule has 0 bridgehead atoms. The summed E-state index contributed by atoms with van der Waals surface area (Å²) in [5, 5.41) is 8.71. The van der Waals surface area contributed by atoms with Crippen LogP contribution in [0.3, 0.4) is 0 Å². The molecule has 1 rings (SSSR count). The quantitative estimate of drug-likeness (QED) is 0.504. The van der Waals surface area contributed by atoms with Crippen molar-refractivity contribution in [3.63, 3.8) is 0 Å². The largest absolute Gasteiger partial charge is 0.299 e. The first kappa shape index (κ1) is 11.2. The van der Waals surface area contributed by atoms with Crippen LogP contribution in [0, 0.1) is 16.7 Å². The lowest BCUT2D eigenvalue weighted by Crippen LogP contribution is -2.08. The highest BCUT2D eigenvalue weighted by atomic mass is 14.5. The van der Waals surface area contributed by atoms with Crippen molar-refractivity contribution in [1.82, 2.24) is 4.67 Å². The SMILES string of the molecule is CC(C)(C)C=[N+]=Cc1cccc(C#N)c1. The van der Waals surface area contributed by atoms with Gasteiger partial charge in [0.15, 0.2) is 0 Å². The van der Waals surface area contributed by atoms with E-state index in [1.807, 2.05) is 24.4 Å². The Balaban J connectivity index is 2.91. The van der Waals surface area contributed by atoms with Crippen LogP contribution in [-0.4, -0.2) is 12.4 Å². The highest BCUT2D eigenvalue weighted by Gasteiger charge is 2.11. The van der Waals surface area contributed by atoms with E-state index in [0.29, 0.717) is 5.56 Å². The van der Waals surface area contributed by atoms with E-state index in [-0.39, 0.29) is 5.41 Å². The molecule has 1 aromatic carbocycles. The maximum absolute atomic E-state index is 8.71. The molecule has 0 amide bonds. The second kappa shape index (κ2) is 4.59. The predicted octanol–water partition coefficient (Wildman–Crippen LogP) is 2.16. The molecule has 0 aliphatic carbocycles. The van der Waals surface area contributed by atoms with Crippen LogP contribution in [0.4, 0.5) is 0 Å². The van der Waals surface area contributed by atoms with Crippen LogP contribution in [0.5, 0.6) is 0 Å². The van der Waals surface area contributed by atoms with Gasteiger partial charge in [-0.1, -0.05) is 6.07 Å². The minimum atomic E-state index is 0.0866. The van der Waals surface area contributed by atoms with Gasteiger partial charge in [-0.05, 0) is 39.0 Å².